The maximum atomic E-state index is 5.73. The SMILES string of the molecule is CCCn1ncnc1CSC(C)CCl. The second kappa shape index (κ2) is 6.30. The largest absolute Gasteiger partial charge is 0.249 e. The van der Waals surface area contributed by atoms with Crippen LogP contribution in [0, 0.1) is 0 Å². The fourth-order valence-corrected chi connectivity index (χ4v) is 2.07. The Morgan fingerprint density at radius 2 is 2.43 bits per heavy atom. The zero-order valence-electron chi connectivity index (χ0n) is 8.61. The molecule has 0 amide bonds. The quantitative estimate of drug-likeness (QED) is 0.708. The first-order chi connectivity index (χ1) is 6.77. The molecule has 0 aliphatic heterocycles. The lowest BCUT2D eigenvalue weighted by molar-refractivity contribution is 0.581. The van der Waals surface area contributed by atoms with Gasteiger partial charge in [0, 0.05) is 17.7 Å². The minimum atomic E-state index is 0.475. The zero-order valence-corrected chi connectivity index (χ0v) is 10.2. The van der Waals surface area contributed by atoms with Crippen molar-refractivity contribution in [1.82, 2.24) is 14.8 Å². The maximum Gasteiger partial charge on any atom is 0.138 e. The number of rotatable bonds is 6. The first-order valence-corrected chi connectivity index (χ1v) is 6.40. The van der Waals surface area contributed by atoms with Crippen molar-refractivity contribution in [3.8, 4) is 0 Å². The number of aryl methyl sites for hydroxylation is 1. The zero-order chi connectivity index (χ0) is 10.4. The molecule has 0 bridgehead atoms. The van der Waals surface area contributed by atoms with Gasteiger partial charge in [-0.25, -0.2) is 9.67 Å². The van der Waals surface area contributed by atoms with Gasteiger partial charge >= 0.3 is 0 Å². The van der Waals surface area contributed by atoms with Crippen LogP contribution in [-0.2, 0) is 12.3 Å². The van der Waals surface area contributed by atoms with Crippen molar-refractivity contribution < 1.29 is 0 Å². The van der Waals surface area contributed by atoms with Gasteiger partial charge in [-0.2, -0.15) is 5.10 Å². The monoisotopic (exact) mass is 233 g/mol. The predicted octanol–water partition coefficient (Wildman–Crippen LogP) is 2.55. The van der Waals surface area contributed by atoms with E-state index in [1.54, 1.807) is 6.33 Å². The summed E-state index contributed by atoms with van der Waals surface area (Å²) in [6, 6.07) is 0. The normalized spacial score (nSPS) is 13.1. The summed E-state index contributed by atoms with van der Waals surface area (Å²) in [5.41, 5.74) is 0. The van der Waals surface area contributed by atoms with Crippen LogP contribution >= 0.6 is 23.4 Å². The van der Waals surface area contributed by atoms with E-state index in [1.165, 1.54) is 0 Å². The van der Waals surface area contributed by atoms with Crippen LogP contribution in [0.15, 0.2) is 6.33 Å². The average Bonchev–Trinajstić information content (AvgIpc) is 2.62. The third-order valence-electron chi connectivity index (χ3n) is 1.85. The third kappa shape index (κ3) is 3.50. The van der Waals surface area contributed by atoms with Crippen molar-refractivity contribution in [2.75, 3.05) is 5.88 Å². The van der Waals surface area contributed by atoms with Crippen LogP contribution in [0.4, 0.5) is 0 Å². The van der Waals surface area contributed by atoms with Gasteiger partial charge in [-0.1, -0.05) is 13.8 Å². The van der Waals surface area contributed by atoms with Gasteiger partial charge < -0.3 is 0 Å². The molecule has 0 radical (unpaired) electrons. The molecule has 1 aromatic heterocycles. The molecular weight excluding hydrogens is 218 g/mol. The summed E-state index contributed by atoms with van der Waals surface area (Å²) in [5, 5.41) is 4.64. The molecule has 0 saturated heterocycles. The molecule has 0 aromatic carbocycles. The van der Waals surface area contributed by atoms with E-state index in [4.69, 9.17) is 11.6 Å². The van der Waals surface area contributed by atoms with Crippen LogP contribution in [0.1, 0.15) is 26.1 Å². The Hall–Kier alpha value is -0.220. The Labute approximate surface area is 94.2 Å². The number of thioether (sulfide) groups is 1. The maximum absolute atomic E-state index is 5.73. The molecular formula is C9H16ClN3S. The Kier molecular flexibility index (Phi) is 5.33. The Balaban J connectivity index is 2.45. The van der Waals surface area contributed by atoms with Crippen LogP contribution < -0.4 is 0 Å². The molecule has 0 aliphatic rings. The van der Waals surface area contributed by atoms with Crippen molar-refractivity contribution in [1.29, 1.82) is 0 Å². The van der Waals surface area contributed by atoms with Gasteiger partial charge in [-0.15, -0.1) is 23.4 Å². The lowest BCUT2D eigenvalue weighted by Gasteiger charge is -2.07. The highest BCUT2D eigenvalue weighted by atomic mass is 35.5. The Morgan fingerprint density at radius 3 is 3.07 bits per heavy atom. The van der Waals surface area contributed by atoms with E-state index in [2.05, 4.69) is 23.9 Å². The van der Waals surface area contributed by atoms with Crippen molar-refractivity contribution in [2.45, 2.75) is 37.8 Å². The summed E-state index contributed by atoms with van der Waals surface area (Å²) >= 11 is 7.55. The van der Waals surface area contributed by atoms with Gasteiger partial charge in [0.15, 0.2) is 0 Å². The molecule has 1 unspecified atom stereocenters. The van der Waals surface area contributed by atoms with Crippen LogP contribution in [-0.4, -0.2) is 25.9 Å². The lowest BCUT2D eigenvalue weighted by atomic mass is 10.5. The second-order valence-electron chi connectivity index (χ2n) is 3.18. The minimum absolute atomic E-state index is 0.475. The summed E-state index contributed by atoms with van der Waals surface area (Å²) in [7, 11) is 0. The van der Waals surface area contributed by atoms with E-state index < -0.39 is 0 Å². The van der Waals surface area contributed by atoms with E-state index in [0.29, 0.717) is 11.1 Å². The fourth-order valence-electron chi connectivity index (χ4n) is 1.06. The molecule has 1 rings (SSSR count). The second-order valence-corrected chi connectivity index (χ2v) is 4.91. The predicted molar refractivity (Wildman–Crippen MR) is 61.8 cm³/mol. The molecule has 0 spiro atoms. The van der Waals surface area contributed by atoms with E-state index >= 15 is 0 Å². The molecule has 14 heavy (non-hydrogen) atoms. The third-order valence-corrected chi connectivity index (χ3v) is 3.65. The van der Waals surface area contributed by atoms with Crippen LogP contribution in [0.5, 0.6) is 0 Å². The molecule has 80 valence electrons. The van der Waals surface area contributed by atoms with Crippen LogP contribution in [0.2, 0.25) is 0 Å². The topological polar surface area (TPSA) is 30.7 Å². The number of nitrogens with zero attached hydrogens (tertiary/aromatic N) is 3. The fraction of sp³-hybridized carbons (Fsp3) is 0.778. The highest BCUT2D eigenvalue weighted by molar-refractivity contribution is 7.99. The van der Waals surface area contributed by atoms with Gasteiger partial charge in [-0.3, -0.25) is 0 Å². The van der Waals surface area contributed by atoms with E-state index in [1.807, 2.05) is 16.4 Å². The summed E-state index contributed by atoms with van der Waals surface area (Å²) in [6.07, 6.45) is 2.71. The molecule has 5 heteroatoms. The Morgan fingerprint density at radius 1 is 1.64 bits per heavy atom. The van der Waals surface area contributed by atoms with Crippen LogP contribution in [0.25, 0.3) is 0 Å². The van der Waals surface area contributed by atoms with Crippen molar-refractivity contribution in [3.63, 3.8) is 0 Å². The van der Waals surface area contributed by atoms with E-state index in [9.17, 15) is 0 Å². The first kappa shape index (κ1) is 11.9. The number of hydrogen-bond acceptors (Lipinski definition) is 3. The van der Waals surface area contributed by atoms with Gasteiger partial charge in [0.25, 0.3) is 0 Å². The summed E-state index contributed by atoms with van der Waals surface area (Å²) in [5.74, 6) is 2.63. The molecule has 1 atom stereocenters. The van der Waals surface area contributed by atoms with Gasteiger partial charge in [0.05, 0.1) is 5.75 Å². The highest BCUT2D eigenvalue weighted by Crippen LogP contribution is 2.16. The van der Waals surface area contributed by atoms with E-state index in [-0.39, 0.29) is 0 Å². The van der Waals surface area contributed by atoms with Crippen molar-refractivity contribution in [2.24, 2.45) is 0 Å². The molecule has 0 aliphatic carbocycles. The summed E-state index contributed by atoms with van der Waals surface area (Å²) in [6.45, 7) is 5.21. The highest BCUT2D eigenvalue weighted by Gasteiger charge is 2.06. The van der Waals surface area contributed by atoms with Crippen LogP contribution in [0.3, 0.4) is 0 Å². The molecule has 1 heterocycles. The summed E-state index contributed by atoms with van der Waals surface area (Å²) < 4.78 is 1.97. The van der Waals surface area contributed by atoms with Gasteiger partial charge in [-0.05, 0) is 6.42 Å². The minimum Gasteiger partial charge on any atom is -0.249 e. The number of halogens is 1. The van der Waals surface area contributed by atoms with E-state index in [0.717, 1.165) is 24.5 Å². The van der Waals surface area contributed by atoms with Gasteiger partial charge in [0.1, 0.15) is 12.2 Å². The van der Waals surface area contributed by atoms with Gasteiger partial charge in [0.2, 0.25) is 0 Å². The smallest absolute Gasteiger partial charge is 0.138 e. The summed E-state index contributed by atoms with van der Waals surface area (Å²) in [4.78, 5) is 4.23. The Bertz CT molecular complexity index is 264. The number of alkyl halides is 1. The number of hydrogen-bond donors (Lipinski definition) is 0. The first-order valence-electron chi connectivity index (χ1n) is 4.82. The average molecular weight is 234 g/mol. The molecule has 0 fully saturated rings. The molecule has 1 aromatic rings. The lowest BCUT2D eigenvalue weighted by Crippen LogP contribution is -2.06. The van der Waals surface area contributed by atoms with Crippen molar-refractivity contribution in [3.05, 3.63) is 12.2 Å². The molecule has 0 saturated carbocycles. The standard InChI is InChI=1S/C9H16ClN3S/c1-3-4-13-9(11-7-12-13)6-14-8(2)5-10/h7-8H,3-6H2,1-2H3. The molecule has 0 N–H and O–H groups in total. The number of aromatic nitrogens is 3. The van der Waals surface area contributed by atoms with Crippen molar-refractivity contribution >= 4 is 23.4 Å². The molecule has 3 nitrogen and oxygen atoms in total.